The molecule has 0 bridgehead atoms. The van der Waals surface area contributed by atoms with Crippen LogP contribution >= 0.6 is 0 Å². The van der Waals surface area contributed by atoms with Gasteiger partial charge in [0.2, 0.25) is 0 Å². The molecule has 2 heteroatoms. The first-order valence-corrected chi connectivity index (χ1v) is 6.65. The van der Waals surface area contributed by atoms with E-state index in [-0.39, 0.29) is 6.04 Å². The molecule has 0 radical (unpaired) electrons. The van der Waals surface area contributed by atoms with Crippen molar-refractivity contribution in [2.24, 2.45) is 0 Å². The van der Waals surface area contributed by atoms with Crippen molar-refractivity contribution >= 4 is 0 Å². The Hall–Kier alpha value is -1.64. The fourth-order valence-corrected chi connectivity index (χ4v) is 2.27. The van der Waals surface area contributed by atoms with Crippen LogP contribution in [-0.4, -0.2) is 20.3 Å². The molecule has 100 valence electrons. The molecule has 0 saturated carbocycles. The van der Waals surface area contributed by atoms with Crippen LogP contribution < -0.4 is 5.32 Å². The minimum atomic E-state index is 0.220. The van der Waals surface area contributed by atoms with Gasteiger partial charge in [0.1, 0.15) is 0 Å². The number of nitrogens with one attached hydrogen (secondary N) is 1. The molecule has 0 aromatic heterocycles. The maximum Gasteiger partial charge on any atom is 0.0587 e. The standard InChI is InChI=1S/C17H21NO/c1-14-8-6-7-11-16(14)17(18-12-13-19-2)15-9-4-3-5-10-15/h3-11,17-18H,12-13H2,1-2H3/t17-/m0/s1. The fourth-order valence-electron chi connectivity index (χ4n) is 2.27. The second-order valence-electron chi connectivity index (χ2n) is 4.65. The molecule has 0 saturated heterocycles. The SMILES string of the molecule is COCCN[C@@H](c1ccccc1)c1ccccc1C. The lowest BCUT2D eigenvalue weighted by Crippen LogP contribution is -2.26. The molecule has 0 heterocycles. The monoisotopic (exact) mass is 255 g/mol. The van der Waals surface area contributed by atoms with Crippen LogP contribution in [0.1, 0.15) is 22.7 Å². The number of ether oxygens (including phenoxy) is 1. The minimum Gasteiger partial charge on any atom is -0.383 e. The smallest absolute Gasteiger partial charge is 0.0587 e. The lowest BCUT2D eigenvalue weighted by molar-refractivity contribution is 0.197. The van der Waals surface area contributed by atoms with Gasteiger partial charge in [0, 0.05) is 13.7 Å². The van der Waals surface area contributed by atoms with Gasteiger partial charge in [-0.2, -0.15) is 0 Å². The summed E-state index contributed by atoms with van der Waals surface area (Å²) in [5.74, 6) is 0. The Kier molecular flexibility index (Phi) is 5.13. The van der Waals surface area contributed by atoms with Crippen LogP contribution in [0.2, 0.25) is 0 Å². The second kappa shape index (κ2) is 7.07. The van der Waals surface area contributed by atoms with Gasteiger partial charge in [-0.1, -0.05) is 54.6 Å². The van der Waals surface area contributed by atoms with Crippen molar-refractivity contribution in [3.8, 4) is 0 Å². The Morgan fingerprint density at radius 3 is 2.37 bits per heavy atom. The number of rotatable bonds is 6. The van der Waals surface area contributed by atoms with Gasteiger partial charge >= 0.3 is 0 Å². The van der Waals surface area contributed by atoms with E-state index in [1.807, 2.05) is 6.07 Å². The Balaban J connectivity index is 2.27. The first-order valence-electron chi connectivity index (χ1n) is 6.65. The normalized spacial score (nSPS) is 12.3. The van der Waals surface area contributed by atoms with E-state index in [0.717, 1.165) is 13.2 Å². The third-order valence-electron chi connectivity index (χ3n) is 3.29. The average molecular weight is 255 g/mol. The molecule has 1 N–H and O–H groups in total. The molecule has 19 heavy (non-hydrogen) atoms. The van der Waals surface area contributed by atoms with Gasteiger partial charge in [0.05, 0.1) is 12.6 Å². The van der Waals surface area contributed by atoms with Crippen LogP contribution in [-0.2, 0) is 4.74 Å². The van der Waals surface area contributed by atoms with E-state index in [0.29, 0.717) is 0 Å². The summed E-state index contributed by atoms with van der Waals surface area (Å²) >= 11 is 0. The van der Waals surface area contributed by atoms with Crippen LogP contribution in [0.4, 0.5) is 0 Å². The van der Waals surface area contributed by atoms with E-state index in [4.69, 9.17) is 4.74 Å². The predicted octanol–water partition coefficient (Wildman–Crippen LogP) is 3.32. The van der Waals surface area contributed by atoms with Gasteiger partial charge in [-0.3, -0.25) is 0 Å². The minimum absolute atomic E-state index is 0.220. The zero-order valence-electron chi connectivity index (χ0n) is 11.6. The molecule has 0 aliphatic carbocycles. The molecule has 2 aromatic carbocycles. The number of benzene rings is 2. The highest BCUT2D eigenvalue weighted by molar-refractivity contribution is 5.36. The summed E-state index contributed by atoms with van der Waals surface area (Å²) in [5, 5.41) is 3.57. The average Bonchev–Trinajstić information content (AvgIpc) is 2.46. The van der Waals surface area contributed by atoms with Crippen molar-refractivity contribution in [1.82, 2.24) is 5.32 Å². The molecule has 2 nitrogen and oxygen atoms in total. The van der Waals surface area contributed by atoms with E-state index in [1.165, 1.54) is 16.7 Å². The van der Waals surface area contributed by atoms with Gasteiger partial charge in [-0.25, -0.2) is 0 Å². The zero-order valence-corrected chi connectivity index (χ0v) is 11.6. The number of hydrogen-bond acceptors (Lipinski definition) is 2. The molecule has 1 atom stereocenters. The van der Waals surface area contributed by atoms with Crippen molar-refractivity contribution < 1.29 is 4.74 Å². The first-order chi connectivity index (χ1) is 9.33. The van der Waals surface area contributed by atoms with Crippen LogP contribution in [0, 0.1) is 6.92 Å². The van der Waals surface area contributed by atoms with E-state index >= 15 is 0 Å². The molecular weight excluding hydrogens is 234 g/mol. The van der Waals surface area contributed by atoms with Gasteiger partial charge in [-0.05, 0) is 23.6 Å². The lowest BCUT2D eigenvalue weighted by Gasteiger charge is -2.21. The summed E-state index contributed by atoms with van der Waals surface area (Å²) in [4.78, 5) is 0. The summed E-state index contributed by atoms with van der Waals surface area (Å²) in [6, 6.07) is 19.3. The quantitative estimate of drug-likeness (QED) is 0.799. The van der Waals surface area contributed by atoms with Gasteiger partial charge in [0.25, 0.3) is 0 Å². The molecule has 0 amide bonds. The summed E-state index contributed by atoms with van der Waals surface area (Å²) in [6.45, 7) is 3.71. The number of hydrogen-bond donors (Lipinski definition) is 1. The molecule has 2 aromatic rings. The molecule has 0 spiro atoms. The highest BCUT2D eigenvalue weighted by Crippen LogP contribution is 2.24. The maximum atomic E-state index is 5.13. The summed E-state index contributed by atoms with van der Waals surface area (Å²) in [7, 11) is 1.73. The summed E-state index contributed by atoms with van der Waals surface area (Å²) < 4.78 is 5.13. The molecule has 0 aliphatic heterocycles. The fraction of sp³-hybridized carbons (Fsp3) is 0.294. The molecule has 2 rings (SSSR count). The molecule has 0 aliphatic rings. The summed E-state index contributed by atoms with van der Waals surface area (Å²) in [5.41, 5.74) is 3.92. The second-order valence-corrected chi connectivity index (χ2v) is 4.65. The number of methoxy groups -OCH3 is 1. The predicted molar refractivity (Wildman–Crippen MR) is 79.3 cm³/mol. The van der Waals surface area contributed by atoms with Crippen molar-refractivity contribution in [3.05, 3.63) is 71.3 Å². The van der Waals surface area contributed by atoms with E-state index < -0.39 is 0 Å². The third-order valence-corrected chi connectivity index (χ3v) is 3.29. The Morgan fingerprint density at radius 2 is 1.68 bits per heavy atom. The highest BCUT2D eigenvalue weighted by Gasteiger charge is 2.14. The summed E-state index contributed by atoms with van der Waals surface area (Å²) in [6.07, 6.45) is 0. The largest absolute Gasteiger partial charge is 0.383 e. The topological polar surface area (TPSA) is 21.3 Å². The van der Waals surface area contributed by atoms with Crippen LogP contribution in [0.5, 0.6) is 0 Å². The van der Waals surface area contributed by atoms with E-state index in [9.17, 15) is 0 Å². The van der Waals surface area contributed by atoms with Gasteiger partial charge in [-0.15, -0.1) is 0 Å². The Bertz CT molecular complexity index is 496. The third kappa shape index (κ3) is 3.66. The van der Waals surface area contributed by atoms with Gasteiger partial charge < -0.3 is 10.1 Å². The van der Waals surface area contributed by atoms with Gasteiger partial charge in [0.15, 0.2) is 0 Å². The van der Waals surface area contributed by atoms with Crippen molar-refractivity contribution in [3.63, 3.8) is 0 Å². The number of aryl methyl sites for hydroxylation is 1. The highest BCUT2D eigenvalue weighted by atomic mass is 16.5. The van der Waals surface area contributed by atoms with E-state index in [1.54, 1.807) is 7.11 Å². The molecular formula is C17H21NO. The van der Waals surface area contributed by atoms with Crippen molar-refractivity contribution in [2.45, 2.75) is 13.0 Å². The van der Waals surface area contributed by atoms with Crippen molar-refractivity contribution in [1.29, 1.82) is 0 Å². The Labute approximate surface area is 115 Å². The molecule has 0 unspecified atom stereocenters. The molecule has 0 fully saturated rings. The van der Waals surface area contributed by atoms with Crippen LogP contribution in [0.15, 0.2) is 54.6 Å². The zero-order chi connectivity index (χ0) is 13.5. The van der Waals surface area contributed by atoms with Crippen LogP contribution in [0.25, 0.3) is 0 Å². The van der Waals surface area contributed by atoms with E-state index in [2.05, 4.69) is 60.8 Å². The maximum absolute atomic E-state index is 5.13. The van der Waals surface area contributed by atoms with Crippen molar-refractivity contribution in [2.75, 3.05) is 20.3 Å². The Morgan fingerprint density at radius 1 is 1.00 bits per heavy atom. The van der Waals surface area contributed by atoms with Crippen LogP contribution in [0.3, 0.4) is 0 Å². The first kappa shape index (κ1) is 13.8. The lowest BCUT2D eigenvalue weighted by atomic mass is 9.95.